The molecule has 0 saturated carbocycles. The predicted molar refractivity (Wildman–Crippen MR) is 72.7 cm³/mol. The maximum absolute atomic E-state index is 13.1. The molecule has 4 nitrogen and oxygen atoms in total. The Labute approximate surface area is 119 Å². The van der Waals surface area contributed by atoms with E-state index in [1.807, 2.05) is 0 Å². The van der Waals surface area contributed by atoms with Gasteiger partial charge in [-0.15, -0.1) is 0 Å². The summed E-state index contributed by atoms with van der Waals surface area (Å²) >= 11 is 0. The largest absolute Gasteiger partial charge is 0.449 e. The smallest absolute Gasteiger partial charge is 0.399 e. The number of nitrogens with zero attached hydrogens (tertiary/aromatic N) is 2. The van der Waals surface area contributed by atoms with Gasteiger partial charge >= 0.3 is 6.18 Å². The fraction of sp³-hybridized carbons (Fsp3) is 0.500. The summed E-state index contributed by atoms with van der Waals surface area (Å²) < 4.78 is 46.1. The molecule has 7 heteroatoms. The lowest BCUT2D eigenvalue weighted by molar-refractivity contribution is -0.147. The molecule has 1 atom stereocenters. The molecule has 1 fully saturated rings. The Balaban J connectivity index is 1.96. The van der Waals surface area contributed by atoms with Crippen LogP contribution in [0.4, 0.5) is 18.9 Å². The van der Waals surface area contributed by atoms with Crippen molar-refractivity contribution in [2.75, 3.05) is 12.3 Å². The van der Waals surface area contributed by atoms with Gasteiger partial charge in [-0.2, -0.15) is 13.2 Å². The van der Waals surface area contributed by atoms with Crippen LogP contribution in [0.2, 0.25) is 0 Å². The second kappa shape index (κ2) is 5.22. The number of benzene rings is 1. The number of rotatable bonds is 3. The summed E-state index contributed by atoms with van der Waals surface area (Å²) in [6.07, 6.45) is -2.01. The molecule has 2 N–H and O–H groups in total. The maximum Gasteiger partial charge on any atom is 0.449 e. The van der Waals surface area contributed by atoms with Crippen molar-refractivity contribution < 1.29 is 17.9 Å². The predicted octanol–water partition coefficient (Wildman–Crippen LogP) is 3.21. The van der Waals surface area contributed by atoms with Crippen LogP contribution in [-0.4, -0.2) is 22.3 Å². The fourth-order valence-corrected chi connectivity index (χ4v) is 2.73. The van der Waals surface area contributed by atoms with Crippen LogP contribution in [-0.2, 0) is 17.5 Å². The van der Waals surface area contributed by atoms with Crippen molar-refractivity contribution in [2.24, 2.45) is 0 Å². The minimum absolute atomic E-state index is 0.0392. The molecule has 1 aliphatic heterocycles. The normalized spacial score (nSPS) is 19.5. The Morgan fingerprint density at radius 1 is 1.38 bits per heavy atom. The zero-order valence-corrected chi connectivity index (χ0v) is 11.4. The molecular weight excluding hydrogens is 283 g/mol. The van der Waals surface area contributed by atoms with Crippen LogP contribution < -0.4 is 5.73 Å². The lowest BCUT2D eigenvalue weighted by Gasteiger charge is -2.14. The van der Waals surface area contributed by atoms with Crippen LogP contribution in [0.15, 0.2) is 18.2 Å². The third kappa shape index (κ3) is 2.83. The van der Waals surface area contributed by atoms with Crippen LogP contribution in [0.5, 0.6) is 0 Å². The lowest BCUT2D eigenvalue weighted by Crippen LogP contribution is -2.17. The molecular formula is C14H16F3N3O. The number of hydrogen-bond acceptors (Lipinski definition) is 3. The van der Waals surface area contributed by atoms with Gasteiger partial charge < -0.3 is 15.0 Å². The van der Waals surface area contributed by atoms with E-state index in [9.17, 15) is 13.2 Å². The Kier molecular flexibility index (Phi) is 3.52. The first-order chi connectivity index (χ1) is 9.95. The van der Waals surface area contributed by atoms with E-state index in [4.69, 9.17) is 10.5 Å². The van der Waals surface area contributed by atoms with Crippen molar-refractivity contribution in [1.29, 1.82) is 0 Å². The van der Waals surface area contributed by atoms with Crippen molar-refractivity contribution in [3.8, 4) is 0 Å². The first-order valence-corrected chi connectivity index (χ1v) is 6.90. The van der Waals surface area contributed by atoms with E-state index in [-0.39, 0.29) is 18.2 Å². The van der Waals surface area contributed by atoms with Gasteiger partial charge in [0.05, 0.1) is 17.1 Å². The van der Waals surface area contributed by atoms with E-state index in [1.165, 1.54) is 10.6 Å². The summed E-state index contributed by atoms with van der Waals surface area (Å²) in [4.78, 5) is 3.71. The zero-order valence-electron chi connectivity index (χ0n) is 11.4. The molecule has 114 valence electrons. The molecule has 1 unspecified atom stereocenters. The van der Waals surface area contributed by atoms with E-state index >= 15 is 0 Å². The van der Waals surface area contributed by atoms with E-state index in [0.717, 1.165) is 12.8 Å². The number of hydrogen-bond donors (Lipinski definition) is 1. The van der Waals surface area contributed by atoms with Crippen LogP contribution in [0.1, 0.15) is 25.1 Å². The summed E-state index contributed by atoms with van der Waals surface area (Å²) in [5.74, 6) is -0.874. The number of anilines is 1. The molecule has 0 spiro atoms. The summed E-state index contributed by atoms with van der Waals surface area (Å²) in [7, 11) is 0. The van der Waals surface area contributed by atoms with E-state index in [2.05, 4.69) is 4.98 Å². The van der Waals surface area contributed by atoms with Crippen molar-refractivity contribution in [3.05, 3.63) is 24.0 Å². The van der Waals surface area contributed by atoms with Crippen molar-refractivity contribution in [2.45, 2.75) is 38.1 Å². The van der Waals surface area contributed by atoms with Crippen LogP contribution >= 0.6 is 0 Å². The van der Waals surface area contributed by atoms with Gasteiger partial charge in [-0.1, -0.05) is 0 Å². The molecule has 3 rings (SSSR count). The highest BCUT2D eigenvalue weighted by atomic mass is 19.4. The van der Waals surface area contributed by atoms with E-state index in [0.29, 0.717) is 24.2 Å². The quantitative estimate of drug-likeness (QED) is 0.885. The molecule has 0 aliphatic carbocycles. The van der Waals surface area contributed by atoms with Gasteiger partial charge in [-0.3, -0.25) is 0 Å². The summed E-state index contributed by atoms with van der Waals surface area (Å²) in [6, 6.07) is 4.64. The third-order valence-corrected chi connectivity index (χ3v) is 3.72. The van der Waals surface area contributed by atoms with Crippen molar-refractivity contribution in [3.63, 3.8) is 0 Å². The van der Waals surface area contributed by atoms with Gasteiger partial charge in [0.15, 0.2) is 0 Å². The topological polar surface area (TPSA) is 53.1 Å². The second-order valence-electron chi connectivity index (χ2n) is 5.26. The molecule has 1 aliphatic rings. The molecule has 0 radical (unpaired) electrons. The highest BCUT2D eigenvalue weighted by Gasteiger charge is 2.37. The first kappa shape index (κ1) is 14.2. The number of ether oxygens (including phenoxy) is 1. The van der Waals surface area contributed by atoms with Gasteiger partial charge in [-0.25, -0.2) is 4.98 Å². The SMILES string of the molecule is Nc1ccc2c(c1)nc(C(F)(F)F)n2CCC1CCCO1. The van der Waals surface area contributed by atoms with Gasteiger partial charge in [0.1, 0.15) is 0 Å². The number of nitrogens with two attached hydrogens (primary N) is 1. The molecule has 1 aromatic carbocycles. The summed E-state index contributed by atoms with van der Waals surface area (Å²) in [5, 5.41) is 0. The van der Waals surface area contributed by atoms with Gasteiger partial charge in [0, 0.05) is 18.8 Å². The van der Waals surface area contributed by atoms with Gasteiger partial charge in [0.25, 0.3) is 0 Å². The van der Waals surface area contributed by atoms with Crippen molar-refractivity contribution >= 4 is 16.7 Å². The molecule has 1 aromatic heterocycles. The molecule has 2 heterocycles. The van der Waals surface area contributed by atoms with Crippen molar-refractivity contribution in [1.82, 2.24) is 9.55 Å². The first-order valence-electron chi connectivity index (χ1n) is 6.90. The Hall–Kier alpha value is -1.76. The Morgan fingerprint density at radius 2 is 2.19 bits per heavy atom. The fourth-order valence-electron chi connectivity index (χ4n) is 2.73. The zero-order chi connectivity index (χ0) is 15.0. The highest BCUT2D eigenvalue weighted by Crippen LogP contribution is 2.32. The molecule has 0 bridgehead atoms. The molecule has 1 saturated heterocycles. The number of imidazole rings is 1. The number of alkyl halides is 3. The molecule has 2 aromatic rings. The van der Waals surface area contributed by atoms with Gasteiger partial charge in [-0.05, 0) is 37.5 Å². The lowest BCUT2D eigenvalue weighted by atomic mass is 10.2. The van der Waals surface area contributed by atoms with Gasteiger partial charge in [0.2, 0.25) is 5.82 Å². The van der Waals surface area contributed by atoms with E-state index in [1.54, 1.807) is 12.1 Å². The Bertz CT molecular complexity index is 645. The number of aryl methyl sites for hydroxylation is 1. The summed E-state index contributed by atoms with van der Waals surface area (Å²) in [5.41, 5.74) is 6.74. The monoisotopic (exact) mass is 299 g/mol. The minimum atomic E-state index is -4.48. The highest BCUT2D eigenvalue weighted by molar-refractivity contribution is 5.79. The van der Waals surface area contributed by atoms with E-state index < -0.39 is 12.0 Å². The number of fused-ring (bicyclic) bond motifs is 1. The number of halogens is 3. The number of aromatic nitrogens is 2. The molecule has 21 heavy (non-hydrogen) atoms. The van der Waals surface area contributed by atoms with Crippen LogP contribution in [0, 0.1) is 0 Å². The minimum Gasteiger partial charge on any atom is -0.399 e. The molecule has 0 amide bonds. The Morgan fingerprint density at radius 3 is 2.86 bits per heavy atom. The van der Waals surface area contributed by atoms with Crippen LogP contribution in [0.3, 0.4) is 0 Å². The second-order valence-corrected chi connectivity index (χ2v) is 5.26. The number of nitrogen functional groups attached to an aromatic ring is 1. The average Bonchev–Trinajstić information content (AvgIpc) is 3.01. The average molecular weight is 299 g/mol. The third-order valence-electron chi connectivity index (χ3n) is 3.72. The standard InChI is InChI=1S/C14H16F3N3O/c15-14(16,17)13-19-11-8-9(18)3-4-12(11)20(13)6-5-10-2-1-7-21-10/h3-4,8,10H,1-2,5-7,18H2. The maximum atomic E-state index is 13.1. The summed E-state index contributed by atoms with van der Waals surface area (Å²) in [6.45, 7) is 0.929. The van der Waals surface area contributed by atoms with Crippen LogP contribution in [0.25, 0.3) is 11.0 Å².